The summed E-state index contributed by atoms with van der Waals surface area (Å²) in [5.41, 5.74) is 1.14. The van der Waals surface area contributed by atoms with E-state index in [9.17, 15) is 14.7 Å². The first-order valence-corrected chi connectivity index (χ1v) is 5.17. The van der Waals surface area contributed by atoms with Crippen molar-refractivity contribution >= 4 is 24.9 Å². The fourth-order valence-electron chi connectivity index (χ4n) is 1.32. The maximum atomic E-state index is 10.5. The molecule has 5 heteroatoms. The van der Waals surface area contributed by atoms with Crippen molar-refractivity contribution in [3.8, 4) is 0 Å². The van der Waals surface area contributed by atoms with Crippen LogP contribution in [0, 0.1) is 0 Å². The number of aliphatic carboxylic acids is 1. The molecule has 86 valence electrons. The highest BCUT2D eigenvalue weighted by Crippen LogP contribution is 2.21. The topological polar surface area (TPSA) is 74.6 Å². The van der Waals surface area contributed by atoms with Crippen LogP contribution in [-0.2, 0) is 16.0 Å². The Hall–Kier alpha value is -1.33. The zero-order chi connectivity index (χ0) is 12.1. The molecule has 0 aliphatic rings. The Morgan fingerprint density at radius 1 is 1.50 bits per heavy atom. The van der Waals surface area contributed by atoms with Gasteiger partial charge in [-0.05, 0) is 23.6 Å². The first-order valence-electron chi connectivity index (χ1n) is 4.72. The number of carboxylic acid groups (broad SMARTS) is 1. The number of aryl methyl sites for hydroxylation is 1. The van der Waals surface area contributed by atoms with Gasteiger partial charge in [0.15, 0.2) is 6.10 Å². The molecule has 0 amide bonds. The molecule has 0 saturated carbocycles. The number of carbonyl (C=O) groups is 2. The average Bonchev–Trinajstić information content (AvgIpc) is 2.26. The van der Waals surface area contributed by atoms with Crippen molar-refractivity contribution in [2.75, 3.05) is 0 Å². The molecule has 0 aliphatic carbocycles. The molecule has 0 fully saturated rings. The van der Waals surface area contributed by atoms with E-state index >= 15 is 0 Å². The van der Waals surface area contributed by atoms with Crippen LogP contribution < -0.4 is 0 Å². The van der Waals surface area contributed by atoms with Crippen LogP contribution in [-0.4, -0.2) is 22.5 Å². The minimum Gasteiger partial charge on any atom is -0.479 e. The van der Waals surface area contributed by atoms with E-state index in [1.54, 1.807) is 6.07 Å². The van der Waals surface area contributed by atoms with Crippen molar-refractivity contribution in [2.45, 2.75) is 23.8 Å². The molecule has 0 aliphatic heterocycles. The van der Waals surface area contributed by atoms with Crippen molar-refractivity contribution in [1.29, 1.82) is 0 Å². The molecule has 16 heavy (non-hydrogen) atoms. The molecule has 0 spiro atoms. The Bertz CT molecular complexity index is 403. The molecule has 0 aromatic heterocycles. The molecule has 2 N–H and O–H groups in total. The predicted molar refractivity (Wildman–Crippen MR) is 60.7 cm³/mol. The van der Waals surface area contributed by atoms with Crippen molar-refractivity contribution in [1.82, 2.24) is 0 Å². The summed E-state index contributed by atoms with van der Waals surface area (Å²) in [5.74, 6) is -1.30. The van der Waals surface area contributed by atoms with Crippen LogP contribution in [0.4, 0.5) is 0 Å². The summed E-state index contributed by atoms with van der Waals surface area (Å²) < 4.78 is 0. The molecule has 1 rings (SSSR count). The highest BCUT2D eigenvalue weighted by molar-refractivity contribution is 7.80. The summed E-state index contributed by atoms with van der Waals surface area (Å²) in [5, 5.41) is 17.9. The number of aldehydes is 1. The molecule has 1 atom stereocenters. The van der Waals surface area contributed by atoms with Crippen LogP contribution >= 0.6 is 12.6 Å². The van der Waals surface area contributed by atoms with Crippen molar-refractivity contribution in [3.05, 3.63) is 29.3 Å². The molecular formula is C11H12O4S. The average molecular weight is 240 g/mol. The number of aliphatic hydroxyl groups is 1. The van der Waals surface area contributed by atoms with Crippen LogP contribution in [0.5, 0.6) is 0 Å². The third kappa shape index (κ3) is 3.08. The second-order valence-electron chi connectivity index (χ2n) is 3.33. The normalized spacial score (nSPS) is 12.1. The third-order valence-electron chi connectivity index (χ3n) is 2.19. The smallest absolute Gasteiger partial charge is 0.337 e. The number of thiol groups is 1. The van der Waals surface area contributed by atoms with E-state index < -0.39 is 12.1 Å². The van der Waals surface area contributed by atoms with Gasteiger partial charge in [-0.25, -0.2) is 4.79 Å². The summed E-state index contributed by atoms with van der Waals surface area (Å²) in [4.78, 5) is 21.3. The lowest BCUT2D eigenvalue weighted by atomic mass is 10.0. The lowest BCUT2D eigenvalue weighted by Crippen LogP contribution is -2.10. The van der Waals surface area contributed by atoms with E-state index in [1.807, 2.05) is 0 Å². The summed E-state index contributed by atoms with van der Waals surface area (Å²) in [6.45, 7) is 0. The fourth-order valence-corrected chi connectivity index (χ4v) is 1.65. The van der Waals surface area contributed by atoms with Gasteiger partial charge in [-0.3, -0.25) is 0 Å². The second kappa shape index (κ2) is 5.67. The van der Waals surface area contributed by atoms with E-state index in [1.165, 1.54) is 12.1 Å². The van der Waals surface area contributed by atoms with Crippen LogP contribution in [0.1, 0.15) is 23.7 Å². The number of carbonyl (C=O) groups excluding carboxylic acids is 1. The Kier molecular flexibility index (Phi) is 4.52. The van der Waals surface area contributed by atoms with E-state index in [4.69, 9.17) is 5.11 Å². The van der Waals surface area contributed by atoms with Gasteiger partial charge in [-0.2, -0.15) is 0 Å². The van der Waals surface area contributed by atoms with Gasteiger partial charge in [0.2, 0.25) is 0 Å². The van der Waals surface area contributed by atoms with Gasteiger partial charge < -0.3 is 15.0 Å². The van der Waals surface area contributed by atoms with Gasteiger partial charge >= 0.3 is 5.97 Å². The maximum absolute atomic E-state index is 10.5. The Morgan fingerprint density at radius 2 is 2.19 bits per heavy atom. The molecular weight excluding hydrogens is 228 g/mol. The van der Waals surface area contributed by atoms with Crippen molar-refractivity contribution < 1.29 is 19.8 Å². The number of carboxylic acids is 1. The molecule has 4 nitrogen and oxygen atoms in total. The van der Waals surface area contributed by atoms with Crippen LogP contribution in [0.25, 0.3) is 0 Å². The number of hydrogen-bond acceptors (Lipinski definition) is 4. The number of hydrogen-bond donors (Lipinski definition) is 3. The lowest BCUT2D eigenvalue weighted by Gasteiger charge is -2.09. The summed E-state index contributed by atoms with van der Waals surface area (Å²) in [6, 6.07) is 4.70. The fraction of sp³-hybridized carbons (Fsp3) is 0.273. The predicted octanol–water partition coefficient (Wildman–Crippen LogP) is 1.22. The molecule has 1 aromatic carbocycles. The Balaban J connectivity index is 2.90. The van der Waals surface area contributed by atoms with Gasteiger partial charge in [-0.15, -0.1) is 12.6 Å². The number of aliphatic hydroxyl groups excluding tert-OH is 1. The molecule has 0 radical (unpaired) electrons. The zero-order valence-corrected chi connectivity index (χ0v) is 9.35. The van der Waals surface area contributed by atoms with Gasteiger partial charge in [0, 0.05) is 11.3 Å². The van der Waals surface area contributed by atoms with Crippen LogP contribution in [0.15, 0.2) is 23.1 Å². The largest absolute Gasteiger partial charge is 0.479 e. The quantitative estimate of drug-likeness (QED) is 0.534. The van der Waals surface area contributed by atoms with Crippen LogP contribution in [0.2, 0.25) is 0 Å². The van der Waals surface area contributed by atoms with Crippen LogP contribution in [0.3, 0.4) is 0 Å². The van der Waals surface area contributed by atoms with E-state index in [2.05, 4.69) is 12.6 Å². The Morgan fingerprint density at radius 3 is 2.69 bits per heavy atom. The Labute approximate surface area is 98.3 Å². The highest BCUT2D eigenvalue weighted by Gasteiger charge is 2.16. The summed E-state index contributed by atoms with van der Waals surface area (Å²) in [6.07, 6.45) is 0.235. The standard InChI is InChI=1S/C11H12O4S/c12-5-1-2-7-3-4-8(6-9(7)16)10(13)11(14)15/h3-6,10,13,16H,1-2H2,(H,14,15). The number of benzene rings is 1. The molecule has 0 saturated heterocycles. The minimum atomic E-state index is -1.54. The first kappa shape index (κ1) is 12.7. The van der Waals surface area contributed by atoms with Gasteiger partial charge in [-0.1, -0.05) is 12.1 Å². The van der Waals surface area contributed by atoms with E-state index in [-0.39, 0.29) is 5.56 Å². The molecule has 1 aromatic rings. The van der Waals surface area contributed by atoms with E-state index in [0.717, 1.165) is 11.8 Å². The zero-order valence-electron chi connectivity index (χ0n) is 8.46. The van der Waals surface area contributed by atoms with Gasteiger partial charge in [0.25, 0.3) is 0 Å². The SMILES string of the molecule is O=CCCc1ccc(C(O)C(=O)O)cc1S. The second-order valence-corrected chi connectivity index (χ2v) is 3.82. The lowest BCUT2D eigenvalue weighted by molar-refractivity contribution is -0.146. The van der Waals surface area contributed by atoms with E-state index in [0.29, 0.717) is 17.7 Å². The molecule has 1 unspecified atom stereocenters. The maximum Gasteiger partial charge on any atom is 0.337 e. The summed E-state index contributed by atoms with van der Waals surface area (Å²) >= 11 is 4.18. The monoisotopic (exact) mass is 240 g/mol. The minimum absolute atomic E-state index is 0.285. The van der Waals surface area contributed by atoms with Gasteiger partial charge in [0.05, 0.1) is 0 Å². The third-order valence-corrected chi connectivity index (χ3v) is 2.61. The summed E-state index contributed by atoms with van der Waals surface area (Å²) in [7, 11) is 0. The molecule has 0 bridgehead atoms. The van der Waals surface area contributed by atoms with Crippen molar-refractivity contribution in [2.24, 2.45) is 0 Å². The van der Waals surface area contributed by atoms with Crippen molar-refractivity contribution in [3.63, 3.8) is 0 Å². The highest BCUT2D eigenvalue weighted by atomic mass is 32.1. The number of rotatable bonds is 5. The first-order chi connectivity index (χ1) is 7.56. The van der Waals surface area contributed by atoms with Gasteiger partial charge in [0.1, 0.15) is 6.29 Å². The molecule has 0 heterocycles.